The van der Waals surface area contributed by atoms with Crippen LogP contribution in [-0.2, 0) is 4.79 Å². The van der Waals surface area contributed by atoms with Gasteiger partial charge < -0.3 is 10.1 Å². The Morgan fingerprint density at radius 2 is 2.12 bits per heavy atom. The number of hydrogen-bond acceptors (Lipinski definition) is 3. The van der Waals surface area contributed by atoms with Gasteiger partial charge in [0.15, 0.2) is 0 Å². The fraction of sp³-hybridized carbons (Fsp3) is 0.500. The summed E-state index contributed by atoms with van der Waals surface area (Å²) in [4.78, 5) is 15.8. The van der Waals surface area contributed by atoms with E-state index in [1.54, 1.807) is 18.3 Å². The second-order valence-electron chi connectivity index (χ2n) is 4.52. The quantitative estimate of drug-likeness (QED) is 0.854. The zero-order valence-electron chi connectivity index (χ0n) is 10.2. The number of aromatic nitrogens is 1. The van der Waals surface area contributed by atoms with Gasteiger partial charge in [0.25, 0.3) is 0 Å². The summed E-state index contributed by atoms with van der Waals surface area (Å²) < 4.78 is 5.26. The summed E-state index contributed by atoms with van der Waals surface area (Å²) >= 11 is 0. The molecule has 0 radical (unpaired) electrons. The Morgan fingerprint density at radius 3 is 2.56 bits per heavy atom. The van der Waals surface area contributed by atoms with E-state index in [2.05, 4.69) is 10.3 Å². The normalized spacial score (nSPS) is 11.0. The Hall–Kier alpha value is -1.58. The molecule has 88 valence electrons. The highest BCUT2D eigenvalue weighted by Gasteiger charge is 2.21. The van der Waals surface area contributed by atoms with Crippen LogP contribution in [0.15, 0.2) is 18.3 Å². The molecule has 0 aliphatic heterocycles. The number of ether oxygens (including phenoxy) is 1. The minimum absolute atomic E-state index is 0.0517. The van der Waals surface area contributed by atoms with Crippen LogP contribution in [-0.4, -0.2) is 17.5 Å². The molecule has 0 unspecified atom stereocenters. The number of rotatable bonds is 3. The molecule has 4 nitrogen and oxygen atoms in total. The van der Waals surface area contributed by atoms with Crippen molar-refractivity contribution in [2.24, 2.45) is 5.41 Å². The van der Waals surface area contributed by atoms with Crippen LogP contribution in [0.5, 0.6) is 5.75 Å². The van der Waals surface area contributed by atoms with Gasteiger partial charge >= 0.3 is 0 Å². The number of anilines is 1. The summed E-state index contributed by atoms with van der Waals surface area (Å²) in [7, 11) is 0. The number of nitrogens with zero attached hydrogens (tertiary/aromatic N) is 1. The third kappa shape index (κ3) is 3.53. The highest BCUT2D eigenvalue weighted by atomic mass is 16.5. The smallest absolute Gasteiger partial charge is 0.230 e. The number of carbonyl (C=O) groups excluding carboxylic acids is 1. The van der Waals surface area contributed by atoms with Crippen LogP contribution in [0.1, 0.15) is 27.7 Å². The Morgan fingerprint density at radius 1 is 1.44 bits per heavy atom. The second kappa shape index (κ2) is 4.96. The van der Waals surface area contributed by atoms with Crippen molar-refractivity contribution in [3.8, 4) is 5.75 Å². The Bertz CT molecular complexity index is 352. The van der Waals surface area contributed by atoms with Crippen molar-refractivity contribution in [2.45, 2.75) is 27.7 Å². The standard InChI is InChI=1S/C12H18N2O2/c1-5-16-9-6-7-10(13-8-9)14-11(15)12(2,3)4/h6-8H,5H2,1-4H3,(H,13,14,15). The largest absolute Gasteiger partial charge is 0.492 e. The number of amides is 1. The molecule has 1 heterocycles. The average molecular weight is 222 g/mol. The van der Waals surface area contributed by atoms with Gasteiger partial charge in [-0.2, -0.15) is 0 Å². The van der Waals surface area contributed by atoms with Gasteiger partial charge in [0.05, 0.1) is 12.8 Å². The Labute approximate surface area is 96.0 Å². The number of nitrogens with one attached hydrogen (secondary N) is 1. The van der Waals surface area contributed by atoms with Crippen molar-refractivity contribution < 1.29 is 9.53 Å². The topological polar surface area (TPSA) is 51.2 Å². The van der Waals surface area contributed by atoms with E-state index in [0.717, 1.165) is 0 Å². The summed E-state index contributed by atoms with van der Waals surface area (Å²) in [5, 5.41) is 2.75. The number of hydrogen-bond donors (Lipinski definition) is 1. The Kier molecular flexibility index (Phi) is 3.88. The molecule has 0 aliphatic rings. The van der Waals surface area contributed by atoms with Gasteiger partial charge in [-0.05, 0) is 19.1 Å². The average Bonchev–Trinajstić information content (AvgIpc) is 2.20. The van der Waals surface area contributed by atoms with E-state index in [0.29, 0.717) is 18.2 Å². The lowest BCUT2D eigenvalue weighted by molar-refractivity contribution is -0.123. The molecule has 1 N–H and O–H groups in total. The molecule has 0 fully saturated rings. The lowest BCUT2D eigenvalue weighted by Crippen LogP contribution is -2.27. The van der Waals surface area contributed by atoms with Crippen molar-refractivity contribution in [1.29, 1.82) is 0 Å². The summed E-state index contributed by atoms with van der Waals surface area (Å²) in [5.41, 5.74) is -0.416. The molecule has 0 aromatic carbocycles. The molecule has 0 atom stereocenters. The maximum atomic E-state index is 11.7. The van der Waals surface area contributed by atoms with Crippen molar-refractivity contribution in [2.75, 3.05) is 11.9 Å². The first-order valence-electron chi connectivity index (χ1n) is 5.34. The molecule has 4 heteroatoms. The van der Waals surface area contributed by atoms with E-state index in [4.69, 9.17) is 4.74 Å². The highest BCUT2D eigenvalue weighted by molar-refractivity contribution is 5.93. The summed E-state index contributed by atoms with van der Waals surface area (Å²) in [6.07, 6.45) is 1.60. The van der Waals surface area contributed by atoms with Gasteiger partial charge in [-0.25, -0.2) is 4.98 Å². The first-order valence-corrected chi connectivity index (χ1v) is 5.34. The van der Waals surface area contributed by atoms with Gasteiger partial charge in [0.1, 0.15) is 11.6 Å². The molecule has 16 heavy (non-hydrogen) atoms. The molecule has 1 rings (SSSR count). The first kappa shape index (κ1) is 12.5. The van der Waals surface area contributed by atoms with E-state index in [1.807, 2.05) is 27.7 Å². The fourth-order valence-corrected chi connectivity index (χ4v) is 1.01. The van der Waals surface area contributed by atoms with Crippen LogP contribution in [0.3, 0.4) is 0 Å². The summed E-state index contributed by atoms with van der Waals surface area (Å²) in [5.74, 6) is 1.20. The highest BCUT2D eigenvalue weighted by Crippen LogP contribution is 2.17. The number of pyridine rings is 1. The van der Waals surface area contributed by atoms with Crippen LogP contribution in [0, 0.1) is 5.41 Å². The molecule has 0 saturated carbocycles. The second-order valence-corrected chi connectivity index (χ2v) is 4.52. The molecule has 1 aromatic rings. The van der Waals surface area contributed by atoms with Gasteiger partial charge in [0.2, 0.25) is 5.91 Å². The SMILES string of the molecule is CCOc1ccc(NC(=O)C(C)(C)C)nc1. The van der Waals surface area contributed by atoms with E-state index < -0.39 is 5.41 Å². The minimum Gasteiger partial charge on any atom is -0.492 e. The van der Waals surface area contributed by atoms with Gasteiger partial charge in [-0.15, -0.1) is 0 Å². The molecule has 0 saturated heterocycles. The van der Waals surface area contributed by atoms with Gasteiger partial charge in [-0.3, -0.25) is 4.79 Å². The van der Waals surface area contributed by atoms with Crippen molar-refractivity contribution in [1.82, 2.24) is 4.98 Å². The maximum Gasteiger partial charge on any atom is 0.230 e. The van der Waals surface area contributed by atoms with Gasteiger partial charge in [0, 0.05) is 5.41 Å². The van der Waals surface area contributed by atoms with Gasteiger partial charge in [-0.1, -0.05) is 20.8 Å². The molecule has 0 bridgehead atoms. The van der Waals surface area contributed by atoms with Crippen LogP contribution in [0.25, 0.3) is 0 Å². The lowest BCUT2D eigenvalue weighted by atomic mass is 9.96. The van der Waals surface area contributed by atoms with E-state index in [-0.39, 0.29) is 5.91 Å². The number of carbonyl (C=O) groups is 1. The molecule has 0 aliphatic carbocycles. The third-order valence-corrected chi connectivity index (χ3v) is 1.97. The summed E-state index contributed by atoms with van der Waals surface area (Å²) in [6, 6.07) is 3.52. The fourth-order valence-electron chi connectivity index (χ4n) is 1.01. The monoisotopic (exact) mass is 222 g/mol. The molecular formula is C12H18N2O2. The molecular weight excluding hydrogens is 204 g/mol. The van der Waals surface area contributed by atoms with Crippen molar-refractivity contribution >= 4 is 11.7 Å². The van der Waals surface area contributed by atoms with Crippen molar-refractivity contribution in [3.05, 3.63) is 18.3 Å². The zero-order valence-corrected chi connectivity index (χ0v) is 10.2. The van der Waals surface area contributed by atoms with Crippen LogP contribution < -0.4 is 10.1 Å². The first-order chi connectivity index (χ1) is 7.43. The summed E-state index contributed by atoms with van der Waals surface area (Å²) in [6.45, 7) is 8.09. The maximum absolute atomic E-state index is 11.7. The third-order valence-electron chi connectivity index (χ3n) is 1.97. The minimum atomic E-state index is -0.416. The molecule has 1 aromatic heterocycles. The molecule has 1 amide bonds. The predicted octanol–water partition coefficient (Wildman–Crippen LogP) is 2.46. The van der Waals surface area contributed by atoms with E-state index in [9.17, 15) is 4.79 Å². The van der Waals surface area contributed by atoms with Crippen LogP contribution in [0.2, 0.25) is 0 Å². The van der Waals surface area contributed by atoms with Crippen LogP contribution in [0.4, 0.5) is 5.82 Å². The van der Waals surface area contributed by atoms with E-state index >= 15 is 0 Å². The Balaban J connectivity index is 2.65. The van der Waals surface area contributed by atoms with Crippen LogP contribution >= 0.6 is 0 Å². The molecule has 0 spiro atoms. The van der Waals surface area contributed by atoms with E-state index in [1.165, 1.54) is 0 Å². The lowest BCUT2D eigenvalue weighted by Gasteiger charge is -2.17. The zero-order chi connectivity index (χ0) is 12.2. The predicted molar refractivity (Wildman–Crippen MR) is 63.5 cm³/mol. The van der Waals surface area contributed by atoms with Crippen molar-refractivity contribution in [3.63, 3.8) is 0 Å².